The lowest BCUT2D eigenvalue weighted by Crippen LogP contribution is -2.32. The van der Waals surface area contributed by atoms with Gasteiger partial charge >= 0.3 is 5.97 Å². The molecule has 0 spiro atoms. The number of ketones is 1. The van der Waals surface area contributed by atoms with Crippen molar-refractivity contribution < 1.29 is 59.3 Å². The van der Waals surface area contributed by atoms with Gasteiger partial charge in [-0.3, -0.25) is 28.3 Å². The SMILES string of the molecule is Cc1ccc2c(c1)C(C)(C)C1=[N+]2CCCCCC(=O)NCCCC(=O)CCCCCC2(C)/C(=C/C=C3\CCCC(=C3c3ccc(C(=O)ON4C(=O)CCC4=O)cc3)C=C1)N(CCCS(=O)(=O)O)c1ccc(S(=O)(=O)O)cc12. The highest BCUT2D eigenvalue weighted by Crippen LogP contribution is 2.52. The number of anilines is 1. The Morgan fingerprint density at radius 2 is 1.45 bits per heavy atom. The third kappa shape index (κ3) is 13.2. The van der Waals surface area contributed by atoms with E-state index >= 15 is 0 Å². The van der Waals surface area contributed by atoms with Crippen molar-refractivity contribution in [3.8, 4) is 0 Å². The first-order chi connectivity index (χ1) is 36.5. The number of benzene rings is 3. The summed E-state index contributed by atoms with van der Waals surface area (Å²) in [6.07, 6.45) is 17.0. The number of hydrogen-bond donors (Lipinski definition) is 3. The number of rotatable bonds is 8. The first-order valence-corrected chi connectivity index (χ1v) is 30.0. The Labute approximate surface area is 452 Å². The number of Topliss-reactive ketones (excluding diaryl/α,β-unsaturated/α-hetero) is 1. The van der Waals surface area contributed by atoms with Crippen LogP contribution in [-0.2, 0) is 55.1 Å². The summed E-state index contributed by atoms with van der Waals surface area (Å²) in [7, 11) is -8.97. The molecule has 3 aromatic rings. The topological polar surface area (TPSA) is 225 Å². The van der Waals surface area contributed by atoms with Crippen molar-refractivity contribution >= 4 is 72.4 Å². The first-order valence-electron chi connectivity index (χ1n) is 27.0. The van der Waals surface area contributed by atoms with Crippen LogP contribution >= 0.6 is 0 Å². The number of fused-ring (bicyclic) bond motifs is 6. The van der Waals surface area contributed by atoms with E-state index in [1.807, 2.05) is 30.0 Å². The Hall–Kier alpha value is -6.34. The monoisotopic (exact) mass is 1090 g/mol. The minimum Gasteiger partial charge on any atom is -0.356 e. The Balaban J connectivity index is 1.28. The molecule has 0 radical (unpaired) electrons. The van der Waals surface area contributed by atoms with E-state index in [0.717, 1.165) is 77.2 Å². The average molecular weight is 1090 g/mol. The maximum Gasteiger partial charge on any atom is 0.363 e. The third-order valence-corrected chi connectivity index (χ3v) is 17.4. The van der Waals surface area contributed by atoms with E-state index in [-0.39, 0.29) is 53.4 Å². The maximum atomic E-state index is 13.4. The third-order valence-electron chi connectivity index (χ3n) is 15.7. The first kappa shape index (κ1) is 56.9. The van der Waals surface area contributed by atoms with E-state index in [0.29, 0.717) is 87.1 Å². The summed E-state index contributed by atoms with van der Waals surface area (Å²) in [6, 6.07) is 17.8. The number of hydroxylamine groups is 2. The van der Waals surface area contributed by atoms with Gasteiger partial charge in [0.05, 0.1) is 21.6 Å². The van der Waals surface area contributed by atoms with Gasteiger partial charge in [0.1, 0.15) is 12.3 Å². The minimum atomic E-state index is -4.64. The molecule has 77 heavy (non-hydrogen) atoms. The van der Waals surface area contributed by atoms with Crippen LogP contribution in [0.3, 0.4) is 0 Å². The molecule has 0 aromatic heterocycles. The van der Waals surface area contributed by atoms with Crippen molar-refractivity contribution in [1.29, 1.82) is 0 Å². The van der Waals surface area contributed by atoms with Crippen LogP contribution in [0.1, 0.15) is 163 Å². The second-order valence-electron chi connectivity index (χ2n) is 21.7. The number of amides is 3. The number of carbonyl (C=O) groups excluding carboxylic acids is 5. The molecular formula is C59H71N4O12S2+. The smallest absolute Gasteiger partial charge is 0.356 e. The van der Waals surface area contributed by atoms with E-state index < -0.39 is 49.2 Å². The van der Waals surface area contributed by atoms with Gasteiger partial charge in [0.15, 0.2) is 5.71 Å². The quantitative estimate of drug-likeness (QED) is 0.109. The van der Waals surface area contributed by atoms with Gasteiger partial charge < -0.3 is 15.1 Å². The largest absolute Gasteiger partial charge is 0.363 e. The molecule has 410 valence electrons. The van der Waals surface area contributed by atoms with Crippen LogP contribution in [-0.4, -0.2) is 96.2 Å². The molecule has 16 nitrogen and oxygen atoms in total. The molecule has 4 heterocycles. The molecular weight excluding hydrogens is 1020 g/mol. The molecule has 1 atom stereocenters. The average Bonchev–Trinajstić information content (AvgIpc) is 4.11. The number of allylic oxidation sites excluding steroid dienone is 8. The van der Waals surface area contributed by atoms with Crippen molar-refractivity contribution in [2.24, 2.45) is 0 Å². The molecule has 3 amide bonds. The van der Waals surface area contributed by atoms with E-state index in [1.54, 1.807) is 18.2 Å². The summed E-state index contributed by atoms with van der Waals surface area (Å²) in [5.74, 6) is -2.46. The van der Waals surface area contributed by atoms with Crippen molar-refractivity contribution in [3.63, 3.8) is 0 Å². The molecule has 1 saturated heterocycles. The predicted molar refractivity (Wildman–Crippen MR) is 294 cm³/mol. The van der Waals surface area contributed by atoms with Gasteiger partial charge in [0, 0.05) is 86.1 Å². The van der Waals surface area contributed by atoms with Gasteiger partial charge in [-0.15, -0.1) is 5.06 Å². The lowest BCUT2D eigenvalue weighted by Gasteiger charge is -2.31. The van der Waals surface area contributed by atoms with Crippen molar-refractivity contribution in [2.45, 2.75) is 153 Å². The Morgan fingerprint density at radius 3 is 2.18 bits per heavy atom. The van der Waals surface area contributed by atoms with Gasteiger partial charge in [-0.1, -0.05) is 48.8 Å². The fourth-order valence-corrected chi connectivity index (χ4v) is 12.6. The van der Waals surface area contributed by atoms with Crippen molar-refractivity contribution in [1.82, 2.24) is 10.4 Å². The summed E-state index contributed by atoms with van der Waals surface area (Å²) in [5.41, 5.74) is 9.14. The Morgan fingerprint density at radius 1 is 0.740 bits per heavy atom. The number of carbonyl (C=O) groups is 5. The number of aryl methyl sites for hydroxylation is 1. The van der Waals surface area contributed by atoms with Gasteiger partial charge in [-0.25, -0.2) is 4.79 Å². The maximum absolute atomic E-state index is 13.4. The number of nitrogens with zero attached hydrogens (tertiary/aromatic N) is 3. The van der Waals surface area contributed by atoms with Crippen LogP contribution in [0.15, 0.2) is 107 Å². The zero-order chi connectivity index (χ0) is 55.3. The van der Waals surface area contributed by atoms with Gasteiger partial charge in [-0.05, 0) is 156 Å². The van der Waals surface area contributed by atoms with Crippen LogP contribution in [0.5, 0.6) is 0 Å². The fourth-order valence-electron chi connectivity index (χ4n) is 11.6. The van der Waals surface area contributed by atoms with Crippen LogP contribution in [0.2, 0.25) is 0 Å². The van der Waals surface area contributed by atoms with E-state index in [9.17, 15) is 49.9 Å². The van der Waals surface area contributed by atoms with E-state index in [4.69, 9.17) is 4.84 Å². The van der Waals surface area contributed by atoms with Crippen LogP contribution in [0.25, 0.3) is 5.57 Å². The highest BCUT2D eigenvalue weighted by molar-refractivity contribution is 7.86. The lowest BCUT2D eigenvalue weighted by atomic mass is 9.76. The van der Waals surface area contributed by atoms with Gasteiger partial charge in [0.25, 0.3) is 32.1 Å². The molecule has 18 heteroatoms. The molecule has 8 rings (SSSR count). The van der Waals surface area contributed by atoms with E-state index in [1.165, 1.54) is 17.7 Å². The van der Waals surface area contributed by atoms with E-state index in [2.05, 4.69) is 67.1 Å². The van der Waals surface area contributed by atoms with Crippen molar-refractivity contribution in [3.05, 3.63) is 130 Å². The molecule has 5 aliphatic rings. The summed E-state index contributed by atoms with van der Waals surface area (Å²) < 4.78 is 72.0. The summed E-state index contributed by atoms with van der Waals surface area (Å²) >= 11 is 0. The molecule has 1 fully saturated rings. The number of imide groups is 1. The second-order valence-corrected chi connectivity index (χ2v) is 24.7. The zero-order valence-electron chi connectivity index (χ0n) is 44.6. The van der Waals surface area contributed by atoms with Crippen LogP contribution < -0.4 is 10.2 Å². The normalized spacial score (nSPS) is 22.8. The zero-order valence-corrected chi connectivity index (χ0v) is 46.2. The standard InChI is InChI=1S/C59H70N4O12S2/c1-40-19-27-49-47(38-40)58(2,3)51-29-24-41-14-11-15-42(56(41)43-20-22-44(23-21-43)57(68)75-63-54(66)31-32-55(63)67)25-30-52-59(4,48-39-46(77(72,73)74)26-28-50(48)62(52)36-13-37-76(69,70)71)33-9-5-7-16-45(64)17-12-34-60-53(65)18-8-6-10-35-61(49)51/h19-30,38-39H,5-18,31-37H2,1-4H3,(H2-,60,65,69,70,71,72,73,74)/p+1. The summed E-state index contributed by atoms with van der Waals surface area (Å²) in [6.45, 7) is 9.86. The van der Waals surface area contributed by atoms with Gasteiger partial charge in [0.2, 0.25) is 11.6 Å². The minimum absolute atomic E-state index is 0.0289. The Kier molecular flexibility index (Phi) is 17.5. The summed E-state index contributed by atoms with van der Waals surface area (Å²) in [5, 5.41) is 3.51. The molecule has 3 N–H and O–H groups in total. The van der Waals surface area contributed by atoms with Crippen LogP contribution in [0.4, 0.5) is 11.4 Å². The molecule has 2 bridgehead atoms. The second kappa shape index (κ2) is 23.7. The van der Waals surface area contributed by atoms with Gasteiger partial charge in [-0.2, -0.15) is 21.4 Å². The number of nitrogens with one attached hydrogen (secondary N) is 1. The highest BCUT2D eigenvalue weighted by atomic mass is 32.2. The lowest BCUT2D eigenvalue weighted by molar-refractivity contribution is -0.438. The molecule has 1 aliphatic carbocycles. The molecule has 0 saturated carbocycles. The Bertz CT molecular complexity index is 3230. The fraction of sp³-hybridized carbons (Fsp3) is 0.458. The highest BCUT2D eigenvalue weighted by Gasteiger charge is 2.45. The van der Waals surface area contributed by atoms with Crippen LogP contribution in [0, 0.1) is 6.92 Å². The molecule has 4 aliphatic heterocycles. The van der Waals surface area contributed by atoms with Crippen molar-refractivity contribution in [2.75, 3.05) is 30.3 Å². The number of hydrogen-bond acceptors (Lipinski definition) is 11. The predicted octanol–water partition coefficient (Wildman–Crippen LogP) is 9.89. The summed E-state index contributed by atoms with van der Waals surface area (Å²) in [4.78, 5) is 70.9. The molecule has 3 aromatic carbocycles. The molecule has 1 unspecified atom stereocenters.